The molecule has 2 fully saturated rings. The Labute approximate surface area is 156 Å². The van der Waals surface area contributed by atoms with Gasteiger partial charge in [0.25, 0.3) is 0 Å². The second kappa shape index (κ2) is 6.99. The summed E-state index contributed by atoms with van der Waals surface area (Å²) in [6.45, 7) is 6.02. The first kappa shape index (κ1) is 17.5. The van der Waals surface area contributed by atoms with Crippen LogP contribution in [0.1, 0.15) is 37.7 Å². The molecule has 4 heteroatoms. The van der Waals surface area contributed by atoms with Crippen molar-refractivity contribution in [1.82, 2.24) is 4.90 Å². The van der Waals surface area contributed by atoms with Gasteiger partial charge in [0, 0.05) is 24.7 Å². The highest BCUT2D eigenvalue weighted by Gasteiger charge is 2.45. The van der Waals surface area contributed by atoms with E-state index in [1.807, 2.05) is 6.08 Å². The summed E-state index contributed by atoms with van der Waals surface area (Å²) in [6.07, 6.45) is 8.86. The Morgan fingerprint density at radius 3 is 2.85 bits per heavy atom. The lowest BCUT2D eigenvalue weighted by Gasteiger charge is -2.37. The summed E-state index contributed by atoms with van der Waals surface area (Å²) in [5.41, 5.74) is 2.49. The normalized spacial score (nSPS) is 27.7. The lowest BCUT2D eigenvalue weighted by Crippen LogP contribution is -2.33. The maximum Gasteiger partial charge on any atom is 0.161 e. The van der Waals surface area contributed by atoms with Crippen LogP contribution in [-0.2, 0) is 5.41 Å². The topological polar surface area (TPSA) is 41.9 Å². The third-order valence-electron chi connectivity index (χ3n) is 6.02. The van der Waals surface area contributed by atoms with E-state index in [-0.39, 0.29) is 11.5 Å². The molecule has 2 aliphatic carbocycles. The van der Waals surface area contributed by atoms with Gasteiger partial charge in [0.2, 0.25) is 0 Å². The highest BCUT2D eigenvalue weighted by molar-refractivity contribution is 5.49. The molecule has 0 bridgehead atoms. The fraction of sp³-hybridized carbons (Fsp3) is 0.545. The molecule has 1 aliphatic heterocycles. The number of allylic oxidation sites excluding steroid dienone is 1. The minimum atomic E-state index is -0.337. The molecule has 1 saturated heterocycles. The zero-order valence-corrected chi connectivity index (χ0v) is 15.6. The number of aliphatic hydroxyl groups excluding tert-OH is 1. The van der Waals surface area contributed by atoms with E-state index in [1.165, 1.54) is 24.1 Å². The van der Waals surface area contributed by atoms with Crippen LogP contribution in [0.25, 0.3) is 0 Å². The quantitative estimate of drug-likeness (QED) is 0.758. The molecule has 1 N–H and O–H groups in total. The zero-order valence-electron chi connectivity index (χ0n) is 15.6. The predicted octanol–water partition coefficient (Wildman–Crippen LogP) is 3.65. The summed E-state index contributed by atoms with van der Waals surface area (Å²) in [5.74, 6) is 2.34. The second-order valence-corrected chi connectivity index (χ2v) is 7.93. The van der Waals surface area contributed by atoms with E-state index in [0.717, 1.165) is 43.9 Å². The van der Waals surface area contributed by atoms with Crippen molar-refractivity contribution in [3.63, 3.8) is 0 Å². The van der Waals surface area contributed by atoms with E-state index in [0.29, 0.717) is 12.5 Å². The van der Waals surface area contributed by atoms with E-state index in [2.05, 4.69) is 36.7 Å². The Bertz CT molecular complexity index is 709. The number of hydrogen-bond acceptors (Lipinski definition) is 4. The highest BCUT2D eigenvalue weighted by Crippen LogP contribution is 2.50. The first-order valence-electron chi connectivity index (χ1n) is 9.75. The Morgan fingerprint density at radius 2 is 2.08 bits per heavy atom. The van der Waals surface area contributed by atoms with Crippen molar-refractivity contribution in [2.24, 2.45) is 5.92 Å². The molecule has 2 atom stereocenters. The maximum atomic E-state index is 10.1. The SMILES string of the molecule is C=CCOc1cc([C@@]23CC[C@H](O)C=C2N(C)CC3)ccc1OCC1CC1. The molecule has 4 rings (SSSR count). The standard InChI is InChI=1S/C22H29NO3/c1-3-12-25-20-13-17(6-7-19(20)26-15-16-4-5-16)22-9-8-18(24)14-21(22)23(2)11-10-22/h3,6-7,13-14,16,18,24H,1,4-5,8-12,15H2,2H3/t18-,22-/m0/s1. The zero-order chi connectivity index (χ0) is 18.1. The minimum absolute atomic E-state index is 0.0186. The van der Waals surface area contributed by atoms with Crippen LogP contribution in [0.5, 0.6) is 11.5 Å². The number of likely N-dealkylation sites (tertiary alicyclic amines) is 1. The Morgan fingerprint density at radius 1 is 1.23 bits per heavy atom. The molecule has 1 heterocycles. The fourth-order valence-corrected chi connectivity index (χ4v) is 4.29. The summed E-state index contributed by atoms with van der Waals surface area (Å²) in [5, 5.41) is 10.1. The van der Waals surface area contributed by atoms with Crippen molar-refractivity contribution in [3.05, 3.63) is 48.2 Å². The molecule has 0 unspecified atom stereocenters. The monoisotopic (exact) mass is 355 g/mol. The van der Waals surface area contributed by atoms with Gasteiger partial charge in [-0.1, -0.05) is 18.7 Å². The van der Waals surface area contributed by atoms with Crippen LogP contribution >= 0.6 is 0 Å². The maximum absolute atomic E-state index is 10.1. The minimum Gasteiger partial charge on any atom is -0.489 e. The van der Waals surface area contributed by atoms with Gasteiger partial charge < -0.3 is 19.5 Å². The van der Waals surface area contributed by atoms with Gasteiger partial charge in [0.15, 0.2) is 11.5 Å². The number of likely N-dealkylation sites (N-methyl/N-ethyl adjacent to an activating group) is 1. The number of aliphatic hydroxyl groups is 1. The number of hydrogen-bond donors (Lipinski definition) is 1. The number of benzene rings is 1. The number of rotatable bonds is 7. The lowest BCUT2D eigenvalue weighted by atomic mass is 9.70. The molecule has 1 saturated carbocycles. The summed E-state index contributed by atoms with van der Waals surface area (Å²) < 4.78 is 12.0. The largest absolute Gasteiger partial charge is 0.489 e. The van der Waals surface area contributed by atoms with E-state index in [9.17, 15) is 5.11 Å². The third kappa shape index (κ3) is 3.23. The van der Waals surface area contributed by atoms with Crippen LogP contribution in [0.15, 0.2) is 42.6 Å². The molecule has 0 amide bonds. The molecule has 0 radical (unpaired) electrons. The molecule has 1 aromatic carbocycles. The van der Waals surface area contributed by atoms with Crippen LogP contribution < -0.4 is 9.47 Å². The smallest absolute Gasteiger partial charge is 0.161 e. The number of ether oxygens (including phenoxy) is 2. The average molecular weight is 355 g/mol. The Kier molecular flexibility index (Phi) is 4.70. The molecule has 26 heavy (non-hydrogen) atoms. The molecule has 0 aromatic heterocycles. The van der Waals surface area contributed by atoms with Crippen molar-refractivity contribution in [2.75, 3.05) is 26.8 Å². The summed E-state index contributed by atoms with van der Waals surface area (Å²) in [7, 11) is 2.12. The van der Waals surface area contributed by atoms with Crippen LogP contribution in [0.2, 0.25) is 0 Å². The van der Waals surface area contributed by atoms with Gasteiger partial charge in [-0.05, 0) is 61.8 Å². The van der Waals surface area contributed by atoms with Gasteiger partial charge in [-0.25, -0.2) is 0 Å². The second-order valence-electron chi connectivity index (χ2n) is 7.93. The molecular weight excluding hydrogens is 326 g/mol. The Hall–Kier alpha value is -1.94. The summed E-state index contributed by atoms with van der Waals surface area (Å²) >= 11 is 0. The van der Waals surface area contributed by atoms with Gasteiger partial charge in [0.1, 0.15) is 6.61 Å². The van der Waals surface area contributed by atoms with Gasteiger partial charge in [-0.3, -0.25) is 0 Å². The molecule has 0 spiro atoms. The average Bonchev–Trinajstić information content (AvgIpc) is 3.43. The van der Waals surface area contributed by atoms with Gasteiger partial charge in [-0.2, -0.15) is 0 Å². The molecule has 1 aromatic rings. The molecular formula is C22H29NO3. The van der Waals surface area contributed by atoms with Gasteiger partial charge >= 0.3 is 0 Å². The van der Waals surface area contributed by atoms with Crippen LogP contribution in [-0.4, -0.2) is 42.9 Å². The van der Waals surface area contributed by atoms with Crippen molar-refractivity contribution < 1.29 is 14.6 Å². The van der Waals surface area contributed by atoms with Gasteiger partial charge in [-0.15, -0.1) is 0 Å². The predicted molar refractivity (Wildman–Crippen MR) is 103 cm³/mol. The fourth-order valence-electron chi connectivity index (χ4n) is 4.29. The van der Waals surface area contributed by atoms with E-state index in [1.54, 1.807) is 6.08 Å². The van der Waals surface area contributed by atoms with Crippen LogP contribution in [0, 0.1) is 5.92 Å². The van der Waals surface area contributed by atoms with E-state index in [4.69, 9.17) is 9.47 Å². The van der Waals surface area contributed by atoms with Crippen molar-refractivity contribution in [3.8, 4) is 11.5 Å². The first-order chi connectivity index (χ1) is 12.6. The third-order valence-corrected chi connectivity index (χ3v) is 6.02. The van der Waals surface area contributed by atoms with Gasteiger partial charge in [0.05, 0.1) is 12.7 Å². The molecule has 4 nitrogen and oxygen atoms in total. The highest BCUT2D eigenvalue weighted by atomic mass is 16.5. The summed E-state index contributed by atoms with van der Waals surface area (Å²) in [4.78, 5) is 2.28. The van der Waals surface area contributed by atoms with Crippen molar-refractivity contribution in [2.45, 2.75) is 43.6 Å². The van der Waals surface area contributed by atoms with Crippen molar-refractivity contribution in [1.29, 1.82) is 0 Å². The van der Waals surface area contributed by atoms with E-state index >= 15 is 0 Å². The molecule has 140 valence electrons. The number of fused-ring (bicyclic) bond motifs is 1. The molecule has 3 aliphatic rings. The lowest BCUT2D eigenvalue weighted by molar-refractivity contribution is 0.181. The van der Waals surface area contributed by atoms with E-state index < -0.39 is 0 Å². The number of nitrogens with zero attached hydrogens (tertiary/aromatic N) is 1. The summed E-state index contributed by atoms with van der Waals surface area (Å²) in [6, 6.07) is 6.40. The first-order valence-corrected chi connectivity index (χ1v) is 9.75. The van der Waals surface area contributed by atoms with Crippen LogP contribution in [0.4, 0.5) is 0 Å². The Balaban J connectivity index is 1.66. The van der Waals surface area contributed by atoms with Crippen LogP contribution in [0.3, 0.4) is 0 Å². The van der Waals surface area contributed by atoms with Crippen molar-refractivity contribution >= 4 is 0 Å².